The van der Waals surface area contributed by atoms with Gasteiger partial charge in [-0.25, -0.2) is 0 Å². The van der Waals surface area contributed by atoms with E-state index in [1.54, 1.807) is 0 Å². The molecule has 0 saturated heterocycles. The summed E-state index contributed by atoms with van der Waals surface area (Å²) < 4.78 is 4.94. The first-order valence-electron chi connectivity index (χ1n) is 7.88. The van der Waals surface area contributed by atoms with Crippen LogP contribution in [-0.2, 0) is 14.9 Å². The van der Waals surface area contributed by atoms with Crippen LogP contribution in [0.25, 0.3) is 0 Å². The zero-order chi connectivity index (χ0) is 17.2. The molecule has 2 atom stereocenters. The molecule has 1 aromatic rings. The maximum atomic E-state index is 12.2. The number of methoxy groups -OCH3 is 1. The van der Waals surface area contributed by atoms with Crippen molar-refractivity contribution in [1.29, 1.82) is 0 Å². The molecule has 0 heterocycles. The van der Waals surface area contributed by atoms with E-state index < -0.39 is 11.5 Å². The smallest absolute Gasteiger partial charge is 0.315 e. The summed E-state index contributed by atoms with van der Waals surface area (Å²) >= 11 is 0. The molecule has 0 spiro atoms. The Morgan fingerprint density at radius 2 is 2.00 bits per heavy atom. The Morgan fingerprint density at radius 1 is 1.36 bits per heavy atom. The predicted octanol–water partition coefficient (Wildman–Crippen LogP) is 2.98. The number of hydrogen-bond acceptors (Lipinski definition) is 4. The van der Waals surface area contributed by atoms with Crippen LogP contribution in [0.2, 0.25) is 0 Å². The lowest BCUT2D eigenvalue weighted by Gasteiger charge is -2.28. The van der Waals surface area contributed by atoms with Crippen LogP contribution in [0, 0.1) is 6.92 Å². The molecule has 0 radical (unpaired) electrons. The van der Waals surface area contributed by atoms with Crippen LogP contribution < -0.4 is 0 Å². The molecule has 2 unspecified atom stereocenters. The highest BCUT2D eigenvalue weighted by Crippen LogP contribution is 2.31. The van der Waals surface area contributed by atoms with Crippen molar-refractivity contribution in [2.45, 2.75) is 58.5 Å². The molecule has 0 saturated carbocycles. The summed E-state index contributed by atoms with van der Waals surface area (Å²) in [5.74, 6) is -0.276. The van der Waals surface area contributed by atoms with Gasteiger partial charge in [-0.3, -0.25) is 4.79 Å². The minimum absolute atomic E-state index is 0.251. The monoisotopic (exact) mass is 310 g/mol. The second-order valence-corrected chi connectivity index (χ2v) is 5.42. The van der Waals surface area contributed by atoms with Crippen molar-refractivity contribution in [3.8, 4) is 0 Å². The molecule has 2 N–H and O–H groups in total. The Morgan fingerprint density at radius 3 is 2.50 bits per heavy atom. The van der Waals surface area contributed by atoms with Gasteiger partial charge in [0.25, 0.3) is 0 Å². The second kappa shape index (κ2) is 10.4. The number of carbonyl (C=O) groups excluding carboxylic acids is 1. The first-order chi connectivity index (χ1) is 10.4. The molecule has 4 heteroatoms. The second-order valence-electron chi connectivity index (χ2n) is 5.42. The first kappa shape index (κ1) is 20.6. The average Bonchev–Trinajstić information content (AvgIpc) is 2.55. The molecule has 126 valence electrons. The van der Waals surface area contributed by atoms with Crippen LogP contribution in [0.3, 0.4) is 0 Å². The molecular weight excluding hydrogens is 280 g/mol. The first-order valence-corrected chi connectivity index (χ1v) is 7.88. The largest absolute Gasteiger partial charge is 0.468 e. The van der Waals surface area contributed by atoms with Gasteiger partial charge in [-0.15, -0.1) is 0 Å². The highest BCUT2D eigenvalue weighted by atomic mass is 16.5. The number of hydrogen-bond donors (Lipinski definition) is 2. The average molecular weight is 310 g/mol. The zero-order valence-electron chi connectivity index (χ0n) is 14.4. The van der Waals surface area contributed by atoms with E-state index in [4.69, 9.17) is 9.84 Å². The van der Waals surface area contributed by atoms with Gasteiger partial charge in [-0.05, 0) is 38.7 Å². The van der Waals surface area contributed by atoms with Gasteiger partial charge in [0.05, 0.1) is 25.2 Å². The molecule has 1 rings (SSSR count). The SMILES string of the molecule is CC.COC(=O)C(C)(CCCC(O)CO)c1cccc(C)c1. The molecule has 0 aliphatic heterocycles. The summed E-state index contributed by atoms with van der Waals surface area (Å²) in [5, 5.41) is 18.2. The number of rotatable bonds is 7. The third-order valence-electron chi connectivity index (χ3n) is 3.72. The highest BCUT2D eigenvalue weighted by molar-refractivity contribution is 5.82. The van der Waals surface area contributed by atoms with Crippen molar-refractivity contribution < 1.29 is 19.7 Å². The number of aryl methyl sites for hydroxylation is 1. The summed E-state index contributed by atoms with van der Waals surface area (Å²) in [4.78, 5) is 12.2. The Kier molecular flexibility index (Phi) is 9.70. The van der Waals surface area contributed by atoms with Gasteiger partial charge in [0.15, 0.2) is 0 Å². The number of carbonyl (C=O) groups is 1. The molecule has 22 heavy (non-hydrogen) atoms. The molecule has 0 amide bonds. The molecule has 0 bridgehead atoms. The van der Waals surface area contributed by atoms with Gasteiger partial charge in [0, 0.05) is 0 Å². The summed E-state index contributed by atoms with van der Waals surface area (Å²) in [6, 6.07) is 7.82. The minimum atomic E-state index is -0.727. The number of esters is 1. The van der Waals surface area contributed by atoms with Gasteiger partial charge in [0.2, 0.25) is 0 Å². The van der Waals surface area contributed by atoms with E-state index in [0.717, 1.165) is 11.1 Å². The van der Waals surface area contributed by atoms with Gasteiger partial charge in [0.1, 0.15) is 0 Å². The van der Waals surface area contributed by atoms with Crippen LogP contribution in [0.5, 0.6) is 0 Å². The molecule has 0 aliphatic carbocycles. The third-order valence-corrected chi connectivity index (χ3v) is 3.72. The quantitative estimate of drug-likeness (QED) is 0.760. The fourth-order valence-electron chi connectivity index (χ4n) is 2.36. The van der Waals surface area contributed by atoms with Crippen LogP contribution >= 0.6 is 0 Å². The van der Waals surface area contributed by atoms with Crippen LogP contribution in [0.15, 0.2) is 24.3 Å². The Labute approximate surface area is 134 Å². The Bertz CT molecular complexity index is 444. The van der Waals surface area contributed by atoms with E-state index in [0.29, 0.717) is 19.3 Å². The zero-order valence-corrected chi connectivity index (χ0v) is 14.4. The third kappa shape index (κ3) is 5.78. The fraction of sp³-hybridized carbons (Fsp3) is 0.611. The summed E-state index contributed by atoms with van der Waals surface area (Å²) in [7, 11) is 1.39. The van der Waals surface area contributed by atoms with Crippen molar-refractivity contribution in [2.75, 3.05) is 13.7 Å². The lowest BCUT2D eigenvalue weighted by molar-refractivity contribution is -0.147. The maximum Gasteiger partial charge on any atom is 0.315 e. The summed E-state index contributed by atoms with van der Waals surface area (Å²) in [6.07, 6.45) is 0.950. The minimum Gasteiger partial charge on any atom is -0.468 e. The topological polar surface area (TPSA) is 66.8 Å². The van der Waals surface area contributed by atoms with Crippen LogP contribution in [-0.4, -0.2) is 36.0 Å². The van der Waals surface area contributed by atoms with Crippen LogP contribution in [0.1, 0.15) is 51.2 Å². The van der Waals surface area contributed by atoms with E-state index in [9.17, 15) is 9.90 Å². The summed E-state index contributed by atoms with van der Waals surface area (Å²) in [5.41, 5.74) is 1.28. The molecular formula is C18H30O4. The number of ether oxygens (including phenoxy) is 1. The lowest BCUT2D eigenvalue weighted by Crippen LogP contribution is -2.34. The lowest BCUT2D eigenvalue weighted by atomic mass is 9.77. The van der Waals surface area contributed by atoms with Gasteiger partial charge in [-0.1, -0.05) is 43.7 Å². The number of aliphatic hydroxyl groups excluding tert-OH is 2. The van der Waals surface area contributed by atoms with Gasteiger partial charge < -0.3 is 14.9 Å². The normalized spacial score (nSPS) is 14.3. The van der Waals surface area contributed by atoms with Crippen molar-refractivity contribution in [2.24, 2.45) is 0 Å². The van der Waals surface area contributed by atoms with E-state index in [1.165, 1.54) is 7.11 Å². The van der Waals surface area contributed by atoms with E-state index in [1.807, 2.05) is 52.0 Å². The molecule has 0 aromatic heterocycles. The van der Waals surface area contributed by atoms with Crippen molar-refractivity contribution in [1.82, 2.24) is 0 Å². The maximum absolute atomic E-state index is 12.2. The van der Waals surface area contributed by atoms with Crippen molar-refractivity contribution in [3.63, 3.8) is 0 Å². The Hall–Kier alpha value is -1.39. The molecule has 4 nitrogen and oxygen atoms in total. The molecule has 0 aliphatic rings. The molecule has 1 aromatic carbocycles. The number of aliphatic hydroxyl groups is 2. The fourth-order valence-corrected chi connectivity index (χ4v) is 2.36. The Balaban J connectivity index is 0.00000211. The van der Waals surface area contributed by atoms with Gasteiger partial charge in [-0.2, -0.15) is 0 Å². The molecule has 0 fully saturated rings. The van der Waals surface area contributed by atoms with Crippen molar-refractivity contribution >= 4 is 5.97 Å². The standard InChI is InChI=1S/C16H24O4.C2H6/c1-12-6-4-7-13(10-12)16(2,15(19)20-3)9-5-8-14(18)11-17;1-2/h4,6-7,10,14,17-18H,5,8-9,11H2,1-3H3;1-2H3. The highest BCUT2D eigenvalue weighted by Gasteiger charge is 2.36. The van der Waals surface area contributed by atoms with Crippen molar-refractivity contribution in [3.05, 3.63) is 35.4 Å². The number of benzene rings is 1. The van der Waals surface area contributed by atoms with E-state index in [-0.39, 0.29) is 12.6 Å². The van der Waals surface area contributed by atoms with Crippen LogP contribution in [0.4, 0.5) is 0 Å². The summed E-state index contributed by atoms with van der Waals surface area (Å²) in [6.45, 7) is 7.59. The van der Waals surface area contributed by atoms with E-state index >= 15 is 0 Å². The predicted molar refractivity (Wildman–Crippen MR) is 88.8 cm³/mol. The van der Waals surface area contributed by atoms with Gasteiger partial charge >= 0.3 is 5.97 Å². The van der Waals surface area contributed by atoms with E-state index in [2.05, 4.69) is 0 Å².